The van der Waals surface area contributed by atoms with Crippen LogP contribution in [-0.2, 0) is 4.79 Å². The second-order valence-corrected chi connectivity index (χ2v) is 6.37. The van der Waals surface area contributed by atoms with Crippen LogP contribution < -0.4 is 11.1 Å². The molecule has 16 heavy (non-hydrogen) atoms. The van der Waals surface area contributed by atoms with Gasteiger partial charge in [0.15, 0.2) is 0 Å². The molecule has 0 radical (unpaired) electrons. The van der Waals surface area contributed by atoms with Gasteiger partial charge >= 0.3 is 0 Å². The van der Waals surface area contributed by atoms with Crippen LogP contribution in [0.1, 0.15) is 41.0 Å². The summed E-state index contributed by atoms with van der Waals surface area (Å²) in [5, 5.41) is 3.83. The van der Waals surface area contributed by atoms with Gasteiger partial charge in [0.25, 0.3) is 0 Å². The quantitative estimate of drug-likeness (QED) is 0.689. The molecule has 1 amide bonds. The zero-order chi connectivity index (χ0) is 12.7. The average molecular weight is 246 g/mol. The standard InChI is InChI=1S/C12H26N2OS/c1-8(2)10(5)16-7-6-11(12(13)15)14-9(3)4/h8-11,14H,6-7H2,1-5H3,(H2,13,15). The molecule has 0 aromatic heterocycles. The second-order valence-electron chi connectivity index (χ2n) is 4.88. The molecule has 0 saturated carbocycles. The molecule has 0 spiro atoms. The highest BCUT2D eigenvalue weighted by Crippen LogP contribution is 2.19. The third-order valence-electron chi connectivity index (χ3n) is 2.60. The van der Waals surface area contributed by atoms with Crippen LogP contribution >= 0.6 is 11.8 Å². The Kier molecular flexibility index (Phi) is 7.85. The number of rotatable bonds is 8. The van der Waals surface area contributed by atoms with Gasteiger partial charge in [0.1, 0.15) is 0 Å². The second kappa shape index (κ2) is 7.96. The van der Waals surface area contributed by atoms with Crippen LogP contribution in [0.2, 0.25) is 0 Å². The maximum Gasteiger partial charge on any atom is 0.234 e. The maximum atomic E-state index is 11.2. The summed E-state index contributed by atoms with van der Waals surface area (Å²) in [6.07, 6.45) is 0.815. The van der Waals surface area contributed by atoms with Crippen molar-refractivity contribution in [2.24, 2.45) is 11.7 Å². The van der Waals surface area contributed by atoms with Crippen LogP contribution in [0.5, 0.6) is 0 Å². The van der Waals surface area contributed by atoms with Gasteiger partial charge in [-0.1, -0.05) is 34.6 Å². The van der Waals surface area contributed by atoms with E-state index in [2.05, 4.69) is 26.1 Å². The fourth-order valence-electron chi connectivity index (χ4n) is 1.27. The van der Waals surface area contributed by atoms with Crippen molar-refractivity contribution >= 4 is 17.7 Å². The van der Waals surface area contributed by atoms with Crippen LogP contribution in [0.15, 0.2) is 0 Å². The number of primary amides is 1. The molecule has 0 rings (SSSR count). The highest BCUT2D eigenvalue weighted by Gasteiger charge is 2.16. The summed E-state index contributed by atoms with van der Waals surface area (Å²) in [7, 11) is 0. The van der Waals surface area contributed by atoms with Gasteiger partial charge in [-0.2, -0.15) is 11.8 Å². The lowest BCUT2D eigenvalue weighted by Crippen LogP contribution is -2.44. The molecule has 2 unspecified atom stereocenters. The van der Waals surface area contributed by atoms with E-state index in [1.54, 1.807) is 0 Å². The zero-order valence-corrected chi connectivity index (χ0v) is 11.9. The summed E-state index contributed by atoms with van der Waals surface area (Å²) in [5.74, 6) is 1.41. The summed E-state index contributed by atoms with van der Waals surface area (Å²) >= 11 is 1.91. The van der Waals surface area contributed by atoms with E-state index in [-0.39, 0.29) is 11.9 Å². The molecule has 4 heteroatoms. The molecular formula is C12H26N2OS. The Morgan fingerprint density at radius 2 is 1.81 bits per heavy atom. The van der Waals surface area contributed by atoms with Crippen molar-refractivity contribution in [2.75, 3.05) is 5.75 Å². The van der Waals surface area contributed by atoms with Crippen molar-refractivity contribution in [3.63, 3.8) is 0 Å². The van der Waals surface area contributed by atoms with Gasteiger partial charge in [0, 0.05) is 11.3 Å². The fourth-order valence-corrected chi connectivity index (χ4v) is 2.40. The summed E-state index contributed by atoms with van der Waals surface area (Å²) < 4.78 is 0. The van der Waals surface area contributed by atoms with E-state index in [0.29, 0.717) is 17.2 Å². The third-order valence-corrected chi connectivity index (χ3v) is 4.15. The van der Waals surface area contributed by atoms with E-state index >= 15 is 0 Å². The predicted molar refractivity (Wildman–Crippen MR) is 72.6 cm³/mol. The molecule has 0 saturated heterocycles. The molecule has 3 nitrogen and oxygen atoms in total. The van der Waals surface area contributed by atoms with Crippen LogP contribution in [0.3, 0.4) is 0 Å². The number of hydrogen-bond donors (Lipinski definition) is 2. The van der Waals surface area contributed by atoms with Crippen molar-refractivity contribution in [1.82, 2.24) is 5.32 Å². The topological polar surface area (TPSA) is 55.1 Å². The Balaban J connectivity index is 3.89. The van der Waals surface area contributed by atoms with Crippen molar-refractivity contribution < 1.29 is 4.79 Å². The Bertz CT molecular complexity index is 207. The minimum absolute atomic E-state index is 0.188. The molecular weight excluding hydrogens is 220 g/mol. The van der Waals surface area contributed by atoms with Gasteiger partial charge in [-0.25, -0.2) is 0 Å². The van der Waals surface area contributed by atoms with Crippen LogP contribution in [-0.4, -0.2) is 29.0 Å². The lowest BCUT2D eigenvalue weighted by Gasteiger charge is -2.20. The summed E-state index contributed by atoms with van der Waals surface area (Å²) in [4.78, 5) is 11.2. The minimum Gasteiger partial charge on any atom is -0.368 e. The lowest BCUT2D eigenvalue weighted by molar-refractivity contribution is -0.120. The monoisotopic (exact) mass is 246 g/mol. The smallest absolute Gasteiger partial charge is 0.234 e. The first-order valence-corrected chi connectivity index (χ1v) is 7.06. The minimum atomic E-state index is -0.244. The lowest BCUT2D eigenvalue weighted by atomic mass is 10.2. The van der Waals surface area contributed by atoms with Gasteiger partial charge in [0.05, 0.1) is 6.04 Å². The summed E-state index contributed by atoms with van der Waals surface area (Å²) in [6.45, 7) is 10.7. The summed E-state index contributed by atoms with van der Waals surface area (Å²) in [5.41, 5.74) is 5.35. The highest BCUT2D eigenvalue weighted by atomic mass is 32.2. The van der Waals surface area contributed by atoms with Crippen LogP contribution in [0.4, 0.5) is 0 Å². The molecule has 0 fully saturated rings. The molecule has 0 bridgehead atoms. The van der Waals surface area contributed by atoms with E-state index in [9.17, 15) is 4.79 Å². The van der Waals surface area contributed by atoms with Crippen molar-refractivity contribution in [1.29, 1.82) is 0 Å². The first-order valence-electron chi connectivity index (χ1n) is 6.01. The van der Waals surface area contributed by atoms with Crippen LogP contribution in [0.25, 0.3) is 0 Å². The highest BCUT2D eigenvalue weighted by molar-refractivity contribution is 7.99. The molecule has 0 aliphatic heterocycles. The third kappa shape index (κ3) is 7.12. The van der Waals surface area contributed by atoms with E-state index in [1.807, 2.05) is 25.6 Å². The number of thioether (sulfide) groups is 1. The number of amides is 1. The Morgan fingerprint density at radius 3 is 2.19 bits per heavy atom. The van der Waals surface area contributed by atoms with E-state index in [1.165, 1.54) is 0 Å². The number of carbonyl (C=O) groups is 1. The molecule has 2 atom stereocenters. The molecule has 0 aliphatic carbocycles. The van der Waals surface area contributed by atoms with Gasteiger partial charge in [0.2, 0.25) is 5.91 Å². The van der Waals surface area contributed by atoms with Gasteiger partial charge in [-0.3, -0.25) is 4.79 Å². The van der Waals surface area contributed by atoms with Crippen molar-refractivity contribution in [3.8, 4) is 0 Å². The van der Waals surface area contributed by atoms with E-state index < -0.39 is 0 Å². The molecule has 0 aliphatic rings. The summed E-state index contributed by atoms with van der Waals surface area (Å²) in [6, 6.07) is 0.108. The maximum absolute atomic E-state index is 11.2. The van der Waals surface area contributed by atoms with Crippen LogP contribution in [0, 0.1) is 5.92 Å². The Hall–Kier alpha value is -0.220. The first kappa shape index (κ1) is 15.8. The Labute approximate surface area is 104 Å². The Morgan fingerprint density at radius 1 is 1.25 bits per heavy atom. The predicted octanol–water partition coefficient (Wildman–Crippen LogP) is 2.01. The van der Waals surface area contributed by atoms with Gasteiger partial charge < -0.3 is 11.1 Å². The zero-order valence-electron chi connectivity index (χ0n) is 11.1. The number of nitrogens with two attached hydrogens (primary N) is 1. The molecule has 3 N–H and O–H groups in total. The van der Waals surface area contributed by atoms with E-state index in [0.717, 1.165) is 12.2 Å². The SMILES string of the molecule is CC(C)NC(CCSC(C)C(C)C)C(N)=O. The molecule has 0 heterocycles. The number of carbonyl (C=O) groups excluding carboxylic acids is 1. The van der Waals surface area contributed by atoms with Gasteiger partial charge in [-0.05, 0) is 18.1 Å². The fraction of sp³-hybridized carbons (Fsp3) is 0.917. The van der Waals surface area contributed by atoms with Crippen molar-refractivity contribution in [2.45, 2.75) is 58.4 Å². The van der Waals surface area contributed by atoms with E-state index in [4.69, 9.17) is 5.73 Å². The molecule has 0 aromatic rings. The number of hydrogen-bond acceptors (Lipinski definition) is 3. The average Bonchev–Trinajstić information content (AvgIpc) is 2.14. The molecule has 0 aromatic carbocycles. The molecule has 96 valence electrons. The normalized spacial score (nSPS) is 15.4. The van der Waals surface area contributed by atoms with Gasteiger partial charge in [-0.15, -0.1) is 0 Å². The first-order chi connectivity index (χ1) is 7.34. The number of nitrogens with one attached hydrogen (secondary N) is 1. The largest absolute Gasteiger partial charge is 0.368 e. The van der Waals surface area contributed by atoms with Crippen molar-refractivity contribution in [3.05, 3.63) is 0 Å².